The van der Waals surface area contributed by atoms with E-state index in [1.807, 2.05) is 0 Å². The second-order valence-corrected chi connectivity index (χ2v) is 6.26. The third kappa shape index (κ3) is 5.70. The first-order valence-corrected chi connectivity index (χ1v) is 7.54. The van der Waals surface area contributed by atoms with Crippen LogP contribution in [0.5, 0.6) is 0 Å². The molecular weight excluding hydrogens is 337 g/mol. The first-order chi connectivity index (χ1) is 9.85. The average molecular weight is 355 g/mol. The molecule has 0 spiro atoms. The van der Waals surface area contributed by atoms with Gasteiger partial charge in [-0.15, -0.1) is 12.4 Å². The quantitative estimate of drug-likeness (QED) is 0.817. The van der Waals surface area contributed by atoms with Crippen molar-refractivity contribution in [2.75, 3.05) is 13.1 Å². The Morgan fingerprint density at radius 2 is 1.95 bits per heavy atom. The van der Waals surface area contributed by atoms with Crippen molar-refractivity contribution < 1.29 is 18.0 Å². The highest BCUT2D eigenvalue weighted by molar-refractivity contribution is 8.00. The predicted octanol–water partition coefficient (Wildman–Crippen LogP) is 3.45. The van der Waals surface area contributed by atoms with Crippen LogP contribution in [0.15, 0.2) is 29.2 Å². The van der Waals surface area contributed by atoms with Gasteiger partial charge in [0.05, 0.1) is 0 Å². The molecular formula is C14H18ClF3N2OS. The first-order valence-electron chi connectivity index (χ1n) is 6.72. The highest BCUT2D eigenvalue weighted by Crippen LogP contribution is 2.36. The van der Waals surface area contributed by atoms with E-state index >= 15 is 0 Å². The highest BCUT2D eigenvalue weighted by Gasteiger charge is 2.29. The van der Waals surface area contributed by atoms with Crippen LogP contribution in [0.3, 0.4) is 0 Å². The molecule has 0 aliphatic carbocycles. The van der Waals surface area contributed by atoms with Gasteiger partial charge in [-0.25, -0.2) is 0 Å². The van der Waals surface area contributed by atoms with Crippen LogP contribution in [0.25, 0.3) is 0 Å². The van der Waals surface area contributed by atoms with Crippen molar-refractivity contribution >= 4 is 30.1 Å². The molecule has 2 N–H and O–H groups in total. The predicted molar refractivity (Wildman–Crippen MR) is 83.5 cm³/mol. The summed E-state index contributed by atoms with van der Waals surface area (Å²) in [6.07, 6.45) is 0.992. The van der Waals surface area contributed by atoms with Gasteiger partial charge in [0.15, 0.2) is 0 Å². The van der Waals surface area contributed by atoms with Gasteiger partial charge in [-0.1, -0.05) is 6.92 Å². The van der Waals surface area contributed by atoms with Gasteiger partial charge in [-0.05, 0) is 54.9 Å². The van der Waals surface area contributed by atoms with Gasteiger partial charge >= 0.3 is 5.51 Å². The van der Waals surface area contributed by atoms with E-state index in [0.717, 1.165) is 19.5 Å². The third-order valence-corrected chi connectivity index (χ3v) is 4.23. The number of rotatable bonds is 3. The average Bonchev–Trinajstić information content (AvgIpc) is 2.40. The maximum Gasteiger partial charge on any atom is 0.446 e. The maximum atomic E-state index is 12.2. The normalized spacial score (nSPS) is 21.8. The molecule has 1 heterocycles. The molecule has 1 aromatic carbocycles. The van der Waals surface area contributed by atoms with Crippen LogP contribution in [-0.4, -0.2) is 30.5 Å². The van der Waals surface area contributed by atoms with Crippen LogP contribution in [0, 0.1) is 5.92 Å². The van der Waals surface area contributed by atoms with Crippen LogP contribution < -0.4 is 10.6 Å². The number of nitrogens with one attached hydrogen (secondary N) is 2. The fraction of sp³-hybridized carbons (Fsp3) is 0.500. The number of hydrogen-bond acceptors (Lipinski definition) is 3. The van der Waals surface area contributed by atoms with Crippen molar-refractivity contribution in [2.45, 2.75) is 29.8 Å². The van der Waals surface area contributed by atoms with E-state index in [0.29, 0.717) is 11.5 Å². The van der Waals surface area contributed by atoms with E-state index in [2.05, 4.69) is 17.6 Å². The zero-order valence-corrected chi connectivity index (χ0v) is 13.6. The van der Waals surface area contributed by atoms with Crippen molar-refractivity contribution in [1.82, 2.24) is 10.6 Å². The summed E-state index contributed by atoms with van der Waals surface area (Å²) < 4.78 is 36.7. The SMILES string of the molecule is CC1CCNCC1NC(=O)c1ccc(SC(F)(F)F)cc1.Cl. The van der Waals surface area contributed by atoms with Crippen LogP contribution in [0.1, 0.15) is 23.7 Å². The zero-order chi connectivity index (χ0) is 15.5. The molecule has 0 bridgehead atoms. The molecule has 2 unspecified atom stereocenters. The van der Waals surface area contributed by atoms with Gasteiger partial charge in [-0.2, -0.15) is 13.2 Å². The number of halogens is 4. The maximum absolute atomic E-state index is 12.2. The summed E-state index contributed by atoms with van der Waals surface area (Å²) in [5.74, 6) is 0.134. The zero-order valence-electron chi connectivity index (χ0n) is 11.9. The second-order valence-electron chi connectivity index (χ2n) is 5.12. The van der Waals surface area contributed by atoms with E-state index in [9.17, 15) is 18.0 Å². The summed E-state index contributed by atoms with van der Waals surface area (Å²) in [5, 5.41) is 6.14. The summed E-state index contributed by atoms with van der Waals surface area (Å²) >= 11 is -0.184. The lowest BCUT2D eigenvalue weighted by Crippen LogP contribution is -2.50. The summed E-state index contributed by atoms with van der Waals surface area (Å²) in [6, 6.07) is 5.52. The van der Waals surface area contributed by atoms with E-state index < -0.39 is 5.51 Å². The summed E-state index contributed by atoms with van der Waals surface area (Å²) in [5.41, 5.74) is -3.94. The number of hydrogen-bond donors (Lipinski definition) is 2. The van der Waals surface area contributed by atoms with Gasteiger partial charge in [0.25, 0.3) is 5.91 Å². The van der Waals surface area contributed by atoms with Crippen LogP contribution >= 0.6 is 24.2 Å². The van der Waals surface area contributed by atoms with E-state index in [1.54, 1.807) is 0 Å². The van der Waals surface area contributed by atoms with Crippen molar-refractivity contribution in [1.29, 1.82) is 0 Å². The third-order valence-electron chi connectivity index (χ3n) is 3.49. The Labute approximate surface area is 137 Å². The Hall–Kier alpha value is -0.920. The minimum atomic E-state index is -4.31. The Kier molecular flexibility index (Phi) is 7.02. The van der Waals surface area contributed by atoms with Crippen LogP contribution in [-0.2, 0) is 0 Å². The molecule has 1 aliphatic heterocycles. The summed E-state index contributed by atoms with van der Waals surface area (Å²) in [6.45, 7) is 3.74. The first kappa shape index (κ1) is 19.1. The number of benzene rings is 1. The van der Waals surface area contributed by atoms with Crippen molar-refractivity contribution in [3.8, 4) is 0 Å². The molecule has 2 rings (SSSR count). The molecule has 0 aromatic heterocycles. The number of carbonyl (C=O) groups is 1. The molecule has 1 fully saturated rings. The number of thioether (sulfide) groups is 1. The fourth-order valence-electron chi connectivity index (χ4n) is 2.24. The molecule has 1 aliphatic rings. The summed E-state index contributed by atoms with van der Waals surface area (Å²) in [4.78, 5) is 12.2. The number of alkyl halides is 3. The monoisotopic (exact) mass is 354 g/mol. The molecule has 124 valence electrons. The molecule has 8 heteroatoms. The van der Waals surface area contributed by atoms with E-state index in [4.69, 9.17) is 0 Å². The standard InChI is InChI=1S/C14H17F3N2OS.ClH/c1-9-6-7-18-8-12(9)19-13(20)10-2-4-11(5-3-10)21-14(15,16)17;/h2-5,9,12,18H,6-8H2,1H3,(H,19,20);1H. The van der Waals surface area contributed by atoms with Gasteiger partial charge in [0.2, 0.25) is 0 Å². The lowest BCUT2D eigenvalue weighted by Gasteiger charge is -2.30. The number of amides is 1. The lowest BCUT2D eigenvalue weighted by atomic mass is 9.94. The minimum absolute atomic E-state index is 0. The molecule has 0 saturated carbocycles. The molecule has 1 saturated heterocycles. The van der Waals surface area contributed by atoms with Crippen molar-refractivity contribution in [3.63, 3.8) is 0 Å². The number of carbonyl (C=O) groups excluding carboxylic acids is 1. The lowest BCUT2D eigenvalue weighted by molar-refractivity contribution is -0.0328. The summed E-state index contributed by atoms with van der Waals surface area (Å²) in [7, 11) is 0. The molecule has 3 nitrogen and oxygen atoms in total. The Balaban J connectivity index is 0.00000242. The molecule has 22 heavy (non-hydrogen) atoms. The van der Waals surface area contributed by atoms with Gasteiger partial charge in [-0.3, -0.25) is 4.79 Å². The largest absolute Gasteiger partial charge is 0.446 e. The highest BCUT2D eigenvalue weighted by atomic mass is 35.5. The van der Waals surface area contributed by atoms with E-state index in [-0.39, 0.29) is 41.0 Å². The Morgan fingerprint density at radius 1 is 1.32 bits per heavy atom. The molecule has 0 radical (unpaired) electrons. The molecule has 1 aromatic rings. The fourth-order valence-corrected chi connectivity index (χ4v) is 2.78. The van der Waals surface area contributed by atoms with Crippen LogP contribution in [0.2, 0.25) is 0 Å². The Morgan fingerprint density at radius 3 is 2.50 bits per heavy atom. The van der Waals surface area contributed by atoms with E-state index in [1.165, 1.54) is 24.3 Å². The molecule has 2 atom stereocenters. The Bertz CT molecular complexity index is 496. The van der Waals surface area contributed by atoms with Crippen molar-refractivity contribution in [2.24, 2.45) is 5.92 Å². The minimum Gasteiger partial charge on any atom is -0.348 e. The molecule has 1 amide bonds. The topological polar surface area (TPSA) is 41.1 Å². The van der Waals surface area contributed by atoms with Gasteiger partial charge < -0.3 is 10.6 Å². The smallest absolute Gasteiger partial charge is 0.348 e. The van der Waals surface area contributed by atoms with Crippen LogP contribution in [0.4, 0.5) is 13.2 Å². The van der Waals surface area contributed by atoms with Crippen molar-refractivity contribution in [3.05, 3.63) is 29.8 Å². The van der Waals surface area contributed by atoms with Gasteiger partial charge in [0.1, 0.15) is 0 Å². The van der Waals surface area contributed by atoms with Gasteiger partial charge in [0, 0.05) is 23.0 Å². The second kappa shape index (κ2) is 8.08. The number of piperidine rings is 1.